The van der Waals surface area contributed by atoms with Crippen LogP contribution in [0.15, 0.2) is 58.5 Å². The molecule has 0 aliphatic rings. The predicted octanol–water partition coefficient (Wildman–Crippen LogP) is 3.53. The largest absolute Gasteiger partial charge is 0.495 e. The van der Waals surface area contributed by atoms with E-state index in [2.05, 4.69) is 9.93 Å². The van der Waals surface area contributed by atoms with E-state index in [0.29, 0.717) is 5.75 Å². The van der Waals surface area contributed by atoms with E-state index in [1.165, 1.54) is 17.6 Å². The Kier molecular flexibility index (Phi) is 4.55. The lowest BCUT2D eigenvalue weighted by atomic mass is 10.2. The number of hydrogen-bond donors (Lipinski definition) is 1. The van der Waals surface area contributed by atoms with Gasteiger partial charge in [0.15, 0.2) is 0 Å². The van der Waals surface area contributed by atoms with Crippen LogP contribution in [0.25, 0.3) is 10.1 Å². The Hall–Kier alpha value is -2.38. The molecule has 2 aromatic carbocycles. The highest BCUT2D eigenvalue weighted by molar-refractivity contribution is 7.89. The molecule has 0 fully saturated rings. The molecule has 5 nitrogen and oxygen atoms in total. The zero-order chi connectivity index (χ0) is 17.2. The van der Waals surface area contributed by atoms with E-state index >= 15 is 0 Å². The number of hydrazone groups is 1. The Bertz CT molecular complexity index is 990. The number of rotatable bonds is 5. The van der Waals surface area contributed by atoms with Gasteiger partial charge in [0, 0.05) is 10.1 Å². The maximum Gasteiger partial charge on any atom is 0.276 e. The van der Waals surface area contributed by atoms with Crippen LogP contribution in [0.2, 0.25) is 0 Å². The Morgan fingerprint density at radius 1 is 1.12 bits per heavy atom. The van der Waals surface area contributed by atoms with E-state index in [0.717, 1.165) is 20.5 Å². The molecule has 0 radical (unpaired) electrons. The Labute approximate surface area is 144 Å². The molecule has 0 unspecified atom stereocenters. The van der Waals surface area contributed by atoms with Crippen LogP contribution in [0.5, 0.6) is 5.75 Å². The first-order valence-electron chi connectivity index (χ1n) is 7.18. The summed E-state index contributed by atoms with van der Waals surface area (Å²) < 4.78 is 30.9. The van der Waals surface area contributed by atoms with E-state index in [1.54, 1.807) is 31.4 Å². The van der Waals surface area contributed by atoms with Crippen LogP contribution in [0.3, 0.4) is 0 Å². The molecule has 0 saturated carbocycles. The summed E-state index contributed by atoms with van der Waals surface area (Å²) in [6.07, 6.45) is 1.47. The zero-order valence-electron chi connectivity index (χ0n) is 13.2. The molecule has 1 N–H and O–H groups in total. The van der Waals surface area contributed by atoms with Crippen LogP contribution in [-0.4, -0.2) is 21.7 Å². The topological polar surface area (TPSA) is 67.8 Å². The van der Waals surface area contributed by atoms with E-state index in [-0.39, 0.29) is 4.90 Å². The monoisotopic (exact) mass is 360 g/mol. The Morgan fingerprint density at radius 3 is 2.54 bits per heavy atom. The highest BCUT2D eigenvalue weighted by Crippen LogP contribution is 2.36. The number of fused-ring (bicyclic) bond motifs is 1. The second kappa shape index (κ2) is 6.62. The third-order valence-electron chi connectivity index (χ3n) is 3.47. The molecule has 124 valence electrons. The highest BCUT2D eigenvalue weighted by atomic mass is 32.2. The highest BCUT2D eigenvalue weighted by Gasteiger charge is 2.13. The molecule has 0 amide bonds. The first-order chi connectivity index (χ1) is 11.5. The lowest BCUT2D eigenvalue weighted by Crippen LogP contribution is -2.18. The summed E-state index contributed by atoms with van der Waals surface area (Å²) in [5.41, 5.74) is 0.993. The van der Waals surface area contributed by atoms with Gasteiger partial charge in [-0.3, -0.25) is 0 Å². The number of aryl methyl sites for hydroxylation is 1. The fourth-order valence-electron chi connectivity index (χ4n) is 2.26. The second-order valence-electron chi connectivity index (χ2n) is 5.16. The smallest absolute Gasteiger partial charge is 0.276 e. The summed E-state index contributed by atoms with van der Waals surface area (Å²) in [6.45, 7) is 1.90. The molecule has 3 aromatic rings. The molecule has 0 atom stereocenters. The van der Waals surface area contributed by atoms with Gasteiger partial charge in [-0.25, -0.2) is 4.83 Å². The van der Waals surface area contributed by atoms with Gasteiger partial charge in [-0.1, -0.05) is 29.8 Å². The molecule has 0 aliphatic carbocycles. The average molecular weight is 360 g/mol. The van der Waals surface area contributed by atoms with Crippen molar-refractivity contribution >= 4 is 37.7 Å². The molecular weight excluding hydrogens is 344 g/mol. The zero-order valence-corrected chi connectivity index (χ0v) is 14.8. The molecule has 1 heterocycles. The predicted molar refractivity (Wildman–Crippen MR) is 97.5 cm³/mol. The number of sulfonamides is 1. The van der Waals surface area contributed by atoms with Crippen molar-refractivity contribution in [1.29, 1.82) is 0 Å². The summed E-state index contributed by atoms with van der Waals surface area (Å²) >= 11 is 1.49. The molecule has 24 heavy (non-hydrogen) atoms. The summed E-state index contributed by atoms with van der Waals surface area (Å²) in [6, 6.07) is 14.4. The third kappa shape index (κ3) is 3.27. The minimum absolute atomic E-state index is 0.175. The van der Waals surface area contributed by atoms with E-state index in [9.17, 15) is 8.42 Å². The van der Waals surface area contributed by atoms with Crippen molar-refractivity contribution < 1.29 is 13.2 Å². The van der Waals surface area contributed by atoms with Crippen molar-refractivity contribution in [1.82, 2.24) is 4.83 Å². The van der Waals surface area contributed by atoms with Gasteiger partial charge in [-0.15, -0.1) is 11.3 Å². The summed E-state index contributed by atoms with van der Waals surface area (Å²) in [5.74, 6) is 0.689. The lowest BCUT2D eigenvalue weighted by molar-refractivity contribution is 0.421. The molecule has 0 aliphatic heterocycles. The average Bonchev–Trinajstić information content (AvgIpc) is 2.92. The van der Waals surface area contributed by atoms with Crippen LogP contribution in [-0.2, 0) is 10.0 Å². The fourth-order valence-corrected chi connectivity index (χ4v) is 4.10. The summed E-state index contributed by atoms with van der Waals surface area (Å²) in [7, 11) is -2.10. The normalized spacial score (nSPS) is 11.9. The van der Waals surface area contributed by atoms with Gasteiger partial charge in [-0.2, -0.15) is 13.5 Å². The maximum atomic E-state index is 12.2. The van der Waals surface area contributed by atoms with Crippen LogP contribution < -0.4 is 9.57 Å². The maximum absolute atomic E-state index is 12.2. The summed E-state index contributed by atoms with van der Waals surface area (Å²) in [5, 5.41) is 4.86. The van der Waals surface area contributed by atoms with E-state index in [4.69, 9.17) is 4.74 Å². The van der Waals surface area contributed by atoms with Crippen molar-refractivity contribution in [2.45, 2.75) is 11.8 Å². The minimum Gasteiger partial charge on any atom is -0.495 e. The van der Waals surface area contributed by atoms with Gasteiger partial charge in [-0.05, 0) is 31.2 Å². The van der Waals surface area contributed by atoms with Crippen molar-refractivity contribution in [3.63, 3.8) is 0 Å². The molecule has 1 aromatic heterocycles. The molecule has 7 heteroatoms. The Balaban J connectivity index is 1.85. The fraction of sp³-hybridized carbons (Fsp3) is 0.118. The molecular formula is C17H16N2O3S2. The number of methoxy groups -OCH3 is 1. The molecule has 0 bridgehead atoms. The van der Waals surface area contributed by atoms with Crippen molar-refractivity contribution in [3.05, 3.63) is 59.0 Å². The second-order valence-corrected chi connectivity index (χ2v) is 7.91. The van der Waals surface area contributed by atoms with Gasteiger partial charge in [0.05, 0.1) is 23.1 Å². The van der Waals surface area contributed by atoms with Crippen molar-refractivity contribution in [2.75, 3.05) is 7.11 Å². The molecule has 0 saturated heterocycles. The van der Waals surface area contributed by atoms with Gasteiger partial charge >= 0.3 is 0 Å². The number of hydrogen-bond acceptors (Lipinski definition) is 5. The van der Waals surface area contributed by atoms with Crippen LogP contribution in [0.1, 0.15) is 10.4 Å². The van der Waals surface area contributed by atoms with Gasteiger partial charge in [0.1, 0.15) is 5.75 Å². The molecule has 0 spiro atoms. The Morgan fingerprint density at radius 2 is 1.83 bits per heavy atom. The van der Waals surface area contributed by atoms with Crippen LogP contribution >= 0.6 is 11.3 Å². The quantitative estimate of drug-likeness (QED) is 0.559. The van der Waals surface area contributed by atoms with Gasteiger partial charge in [0.25, 0.3) is 10.0 Å². The number of ether oxygens (including phenoxy) is 1. The lowest BCUT2D eigenvalue weighted by Gasteiger charge is -2.03. The van der Waals surface area contributed by atoms with Gasteiger partial charge in [0.2, 0.25) is 0 Å². The first kappa shape index (κ1) is 16.5. The minimum atomic E-state index is -3.68. The number of nitrogens with zero attached hydrogens (tertiary/aromatic N) is 1. The third-order valence-corrected chi connectivity index (χ3v) is 5.79. The van der Waals surface area contributed by atoms with Crippen molar-refractivity contribution in [2.24, 2.45) is 5.10 Å². The van der Waals surface area contributed by atoms with Crippen LogP contribution in [0.4, 0.5) is 0 Å². The van der Waals surface area contributed by atoms with Crippen molar-refractivity contribution in [3.8, 4) is 5.75 Å². The van der Waals surface area contributed by atoms with Gasteiger partial charge < -0.3 is 4.74 Å². The van der Waals surface area contributed by atoms with E-state index < -0.39 is 10.0 Å². The first-order valence-corrected chi connectivity index (χ1v) is 9.48. The van der Waals surface area contributed by atoms with E-state index in [1.807, 2.05) is 31.2 Å². The standard InChI is InChI=1S/C17H16N2O3S2/c1-12-7-9-13(10-8-12)24(20,21)19-18-11-16-17(22-2)14-5-3-4-6-15(14)23-16/h3-11,19H,1-2H3/b18-11+. The number of thiophene rings is 1. The molecule has 3 rings (SSSR count). The van der Waals surface area contributed by atoms with Crippen LogP contribution in [0, 0.1) is 6.92 Å². The SMILES string of the molecule is COc1c(/C=N/NS(=O)(=O)c2ccc(C)cc2)sc2ccccc12. The number of benzene rings is 2. The number of nitrogens with one attached hydrogen (secondary N) is 1. The summed E-state index contributed by atoms with van der Waals surface area (Å²) in [4.78, 5) is 3.16.